The third-order valence-corrected chi connectivity index (χ3v) is 6.73. The molecule has 0 N–H and O–H groups in total. The number of rotatable bonds is 9. The van der Waals surface area contributed by atoms with Gasteiger partial charge in [0.2, 0.25) is 0 Å². The second-order valence-electron chi connectivity index (χ2n) is 7.93. The van der Waals surface area contributed by atoms with E-state index in [2.05, 4.69) is 13.8 Å². The van der Waals surface area contributed by atoms with Gasteiger partial charge < -0.3 is 9.47 Å². The van der Waals surface area contributed by atoms with E-state index in [0.29, 0.717) is 22.4 Å². The highest BCUT2D eigenvalue weighted by Gasteiger charge is 2.34. The molecule has 0 spiro atoms. The lowest BCUT2D eigenvalue weighted by Gasteiger charge is -2.18. The SMILES string of the molecule is CCc1ccccc1N1C(=O)/C(=C/c2ccc(OCCCOc3ccc(C)cc3)cc2)SC1=S. The highest BCUT2D eigenvalue weighted by Crippen LogP contribution is 2.37. The first kappa shape index (κ1) is 24.0. The molecule has 174 valence electrons. The fourth-order valence-corrected chi connectivity index (χ4v) is 4.87. The minimum Gasteiger partial charge on any atom is -0.493 e. The number of carbonyl (C=O) groups is 1. The topological polar surface area (TPSA) is 38.8 Å². The Kier molecular flexibility index (Phi) is 8.03. The Morgan fingerprint density at radius 2 is 1.53 bits per heavy atom. The van der Waals surface area contributed by atoms with E-state index in [1.165, 1.54) is 17.3 Å². The van der Waals surface area contributed by atoms with Gasteiger partial charge in [0.1, 0.15) is 11.5 Å². The van der Waals surface area contributed by atoms with Crippen LogP contribution in [0.3, 0.4) is 0 Å². The van der Waals surface area contributed by atoms with Gasteiger partial charge in [-0.3, -0.25) is 9.69 Å². The summed E-state index contributed by atoms with van der Waals surface area (Å²) in [6.07, 6.45) is 3.51. The van der Waals surface area contributed by atoms with Gasteiger partial charge in [-0.1, -0.05) is 78.9 Å². The van der Waals surface area contributed by atoms with Gasteiger partial charge in [-0.05, 0) is 60.9 Å². The number of aryl methyl sites for hydroxylation is 2. The summed E-state index contributed by atoms with van der Waals surface area (Å²) in [5.74, 6) is 1.58. The minimum absolute atomic E-state index is 0.0789. The van der Waals surface area contributed by atoms with Gasteiger partial charge in [0, 0.05) is 6.42 Å². The highest BCUT2D eigenvalue weighted by molar-refractivity contribution is 8.27. The van der Waals surface area contributed by atoms with Gasteiger partial charge in [-0.2, -0.15) is 0 Å². The van der Waals surface area contributed by atoms with Crippen LogP contribution in [0.1, 0.15) is 30.0 Å². The minimum atomic E-state index is -0.0789. The lowest BCUT2D eigenvalue weighted by atomic mass is 10.1. The molecule has 4 rings (SSSR count). The van der Waals surface area contributed by atoms with Crippen molar-refractivity contribution in [3.05, 3.63) is 94.4 Å². The summed E-state index contributed by atoms with van der Waals surface area (Å²) in [7, 11) is 0. The molecule has 0 aromatic heterocycles. The summed E-state index contributed by atoms with van der Waals surface area (Å²) in [4.78, 5) is 15.4. The van der Waals surface area contributed by atoms with E-state index in [9.17, 15) is 4.79 Å². The maximum Gasteiger partial charge on any atom is 0.270 e. The summed E-state index contributed by atoms with van der Waals surface area (Å²) in [5, 5.41) is 0. The van der Waals surface area contributed by atoms with Gasteiger partial charge in [0.25, 0.3) is 5.91 Å². The molecule has 0 unspecified atom stereocenters. The average Bonchev–Trinajstić information content (AvgIpc) is 3.13. The number of nitrogens with zero attached hydrogens (tertiary/aromatic N) is 1. The van der Waals surface area contributed by atoms with Crippen LogP contribution in [0.25, 0.3) is 6.08 Å². The van der Waals surface area contributed by atoms with Crippen LogP contribution in [0.2, 0.25) is 0 Å². The Balaban J connectivity index is 1.31. The third-order valence-electron chi connectivity index (χ3n) is 5.43. The summed E-state index contributed by atoms with van der Waals surface area (Å²) in [6.45, 7) is 5.30. The van der Waals surface area contributed by atoms with Crippen LogP contribution in [0.15, 0.2) is 77.7 Å². The quantitative estimate of drug-likeness (QED) is 0.188. The summed E-state index contributed by atoms with van der Waals surface area (Å²) >= 11 is 6.86. The lowest BCUT2D eigenvalue weighted by Crippen LogP contribution is -2.28. The Bertz CT molecular complexity index is 1190. The van der Waals surface area contributed by atoms with E-state index >= 15 is 0 Å². The smallest absolute Gasteiger partial charge is 0.270 e. The molecular weight excluding hydrogens is 462 g/mol. The van der Waals surface area contributed by atoms with Gasteiger partial charge in [0.15, 0.2) is 4.32 Å². The molecule has 0 bridgehead atoms. The lowest BCUT2D eigenvalue weighted by molar-refractivity contribution is -0.113. The normalized spacial score (nSPS) is 14.6. The van der Waals surface area contributed by atoms with Crippen molar-refractivity contribution in [2.45, 2.75) is 26.7 Å². The monoisotopic (exact) mass is 489 g/mol. The van der Waals surface area contributed by atoms with Crippen LogP contribution in [0.5, 0.6) is 11.5 Å². The molecule has 1 fully saturated rings. The molecular formula is C28H27NO3S2. The first-order valence-electron chi connectivity index (χ1n) is 11.3. The molecule has 0 radical (unpaired) electrons. The Morgan fingerprint density at radius 1 is 0.912 bits per heavy atom. The zero-order valence-corrected chi connectivity index (χ0v) is 21.0. The number of anilines is 1. The molecule has 1 aliphatic heterocycles. The molecule has 3 aromatic rings. The number of hydrogen-bond acceptors (Lipinski definition) is 5. The van der Waals surface area contributed by atoms with Crippen molar-refractivity contribution in [1.29, 1.82) is 0 Å². The van der Waals surface area contributed by atoms with Crippen molar-refractivity contribution in [1.82, 2.24) is 0 Å². The van der Waals surface area contributed by atoms with Crippen molar-refractivity contribution in [2.75, 3.05) is 18.1 Å². The number of hydrogen-bond donors (Lipinski definition) is 0. The molecule has 34 heavy (non-hydrogen) atoms. The molecule has 0 atom stereocenters. The van der Waals surface area contributed by atoms with Gasteiger partial charge in [-0.25, -0.2) is 0 Å². The molecule has 1 heterocycles. The number of thioether (sulfide) groups is 1. The fourth-order valence-electron chi connectivity index (χ4n) is 3.59. The Morgan fingerprint density at radius 3 is 2.18 bits per heavy atom. The molecule has 3 aromatic carbocycles. The molecule has 0 aliphatic carbocycles. The number of thiocarbonyl (C=S) groups is 1. The van der Waals surface area contributed by atoms with Gasteiger partial charge in [-0.15, -0.1) is 0 Å². The first-order valence-corrected chi connectivity index (χ1v) is 12.6. The van der Waals surface area contributed by atoms with Crippen LogP contribution in [-0.2, 0) is 11.2 Å². The number of amides is 1. The maximum absolute atomic E-state index is 13.1. The predicted molar refractivity (Wildman–Crippen MR) is 145 cm³/mol. The van der Waals surface area contributed by atoms with Crippen LogP contribution in [-0.4, -0.2) is 23.4 Å². The highest BCUT2D eigenvalue weighted by atomic mass is 32.2. The van der Waals surface area contributed by atoms with E-state index in [1.807, 2.05) is 78.9 Å². The van der Waals surface area contributed by atoms with E-state index in [1.54, 1.807) is 4.90 Å². The molecule has 4 nitrogen and oxygen atoms in total. The molecule has 0 saturated carbocycles. The van der Waals surface area contributed by atoms with Crippen LogP contribution < -0.4 is 14.4 Å². The Hall–Kier alpha value is -3.09. The number of benzene rings is 3. The largest absolute Gasteiger partial charge is 0.493 e. The van der Waals surface area contributed by atoms with Crippen LogP contribution >= 0.6 is 24.0 Å². The van der Waals surface area contributed by atoms with E-state index in [4.69, 9.17) is 21.7 Å². The number of carbonyl (C=O) groups excluding carboxylic acids is 1. The molecule has 1 aliphatic rings. The van der Waals surface area contributed by atoms with Crippen LogP contribution in [0.4, 0.5) is 5.69 Å². The Labute approximate surface area is 210 Å². The zero-order chi connectivity index (χ0) is 23.9. The van der Waals surface area contributed by atoms with E-state index < -0.39 is 0 Å². The summed E-state index contributed by atoms with van der Waals surface area (Å²) in [5.41, 5.74) is 4.11. The summed E-state index contributed by atoms with van der Waals surface area (Å²) < 4.78 is 12.1. The van der Waals surface area contributed by atoms with Gasteiger partial charge >= 0.3 is 0 Å². The first-order chi connectivity index (χ1) is 16.5. The third kappa shape index (κ3) is 5.88. The predicted octanol–water partition coefficient (Wildman–Crippen LogP) is 6.81. The number of ether oxygens (including phenoxy) is 2. The van der Waals surface area contributed by atoms with Crippen LogP contribution in [0, 0.1) is 6.92 Å². The molecule has 6 heteroatoms. The molecule has 1 amide bonds. The van der Waals surface area contributed by atoms with Crippen molar-refractivity contribution in [3.8, 4) is 11.5 Å². The van der Waals surface area contributed by atoms with Crippen molar-refractivity contribution in [3.63, 3.8) is 0 Å². The maximum atomic E-state index is 13.1. The van der Waals surface area contributed by atoms with E-state index in [0.717, 1.165) is 41.2 Å². The number of para-hydroxylation sites is 1. The molecule has 1 saturated heterocycles. The van der Waals surface area contributed by atoms with Crippen molar-refractivity contribution < 1.29 is 14.3 Å². The second-order valence-corrected chi connectivity index (χ2v) is 9.61. The van der Waals surface area contributed by atoms with E-state index in [-0.39, 0.29) is 5.91 Å². The second kappa shape index (κ2) is 11.4. The fraction of sp³-hybridized carbons (Fsp3) is 0.214. The van der Waals surface area contributed by atoms with Gasteiger partial charge in [0.05, 0.1) is 23.8 Å². The zero-order valence-electron chi connectivity index (χ0n) is 19.3. The standard InChI is InChI=1S/C28H27NO3S2/c1-3-22-7-4-5-8-25(22)29-27(30)26(34-28(29)33)19-21-11-15-24(16-12-21)32-18-6-17-31-23-13-9-20(2)10-14-23/h4-5,7-16,19H,3,6,17-18H2,1-2H3/b26-19-. The average molecular weight is 490 g/mol. The van der Waals surface area contributed by atoms with Crippen molar-refractivity contribution >= 4 is 46.0 Å². The van der Waals surface area contributed by atoms with Crippen molar-refractivity contribution in [2.24, 2.45) is 0 Å². The summed E-state index contributed by atoms with van der Waals surface area (Å²) in [6, 6.07) is 23.7.